The highest BCUT2D eigenvalue weighted by Gasteiger charge is 2.11. The molecule has 132 valence electrons. The lowest BCUT2D eigenvalue weighted by Crippen LogP contribution is -2.31. The molecule has 2 aromatic heterocycles. The van der Waals surface area contributed by atoms with Gasteiger partial charge < -0.3 is 4.74 Å². The van der Waals surface area contributed by atoms with E-state index >= 15 is 0 Å². The molecule has 0 radical (unpaired) electrons. The van der Waals surface area contributed by atoms with Crippen molar-refractivity contribution in [3.63, 3.8) is 0 Å². The zero-order valence-corrected chi connectivity index (χ0v) is 15.9. The van der Waals surface area contributed by atoms with Gasteiger partial charge in [0.25, 0.3) is 0 Å². The monoisotopic (exact) mass is 345 g/mol. The van der Waals surface area contributed by atoms with Gasteiger partial charge in [-0.2, -0.15) is 0 Å². The first-order valence-electron chi connectivity index (χ1n) is 8.67. The van der Waals surface area contributed by atoms with Crippen molar-refractivity contribution in [2.75, 3.05) is 7.11 Å². The number of benzene rings is 1. The molecule has 0 saturated heterocycles. The molecule has 1 aromatic carbocycles. The van der Waals surface area contributed by atoms with Gasteiger partial charge in [-0.1, -0.05) is 42.0 Å². The third kappa shape index (κ3) is 3.36. The van der Waals surface area contributed by atoms with Crippen LogP contribution in [0.25, 0.3) is 34.9 Å². The van der Waals surface area contributed by atoms with Crippen molar-refractivity contribution in [1.29, 1.82) is 0 Å². The molecule has 0 aliphatic carbocycles. The van der Waals surface area contributed by atoms with Crippen molar-refractivity contribution in [2.24, 2.45) is 0 Å². The number of hydrogen-bond acceptors (Lipinski definition) is 4. The van der Waals surface area contributed by atoms with Crippen LogP contribution in [0.2, 0.25) is 0 Å². The van der Waals surface area contributed by atoms with Gasteiger partial charge in [-0.25, -0.2) is 15.0 Å². The molecule has 0 atom stereocenters. The molecule has 0 amide bonds. The SMILES string of the molecule is C/C=c1/c(-c2ccc(C)cc2)nc(-c2ccc(OC)c(C)n2)n/c1=C/C. The van der Waals surface area contributed by atoms with Gasteiger partial charge in [0.05, 0.1) is 23.8 Å². The lowest BCUT2D eigenvalue weighted by atomic mass is 10.1. The first-order valence-corrected chi connectivity index (χ1v) is 8.67. The maximum Gasteiger partial charge on any atom is 0.179 e. The molecule has 3 rings (SSSR count). The Morgan fingerprint density at radius 1 is 0.846 bits per heavy atom. The molecule has 4 nitrogen and oxygen atoms in total. The van der Waals surface area contributed by atoms with Crippen LogP contribution in [-0.4, -0.2) is 22.1 Å². The summed E-state index contributed by atoms with van der Waals surface area (Å²) in [6.07, 6.45) is 4.07. The van der Waals surface area contributed by atoms with Crippen LogP contribution in [0.3, 0.4) is 0 Å². The zero-order chi connectivity index (χ0) is 18.7. The Balaban J connectivity index is 2.27. The number of aromatic nitrogens is 3. The van der Waals surface area contributed by atoms with Crippen molar-refractivity contribution in [1.82, 2.24) is 15.0 Å². The topological polar surface area (TPSA) is 47.9 Å². The summed E-state index contributed by atoms with van der Waals surface area (Å²) in [5.41, 5.74) is 4.77. The highest BCUT2D eigenvalue weighted by molar-refractivity contribution is 5.64. The van der Waals surface area contributed by atoms with E-state index in [2.05, 4.69) is 42.2 Å². The molecule has 3 aromatic rings. The minimum Gasteiger partial charge on any atom is -0.495 e. The standard InChI is InChI=1S/C22H23N3O/c1-6-17-18(7-2)24-22(19-12-13-20(26-5)15(4)23-19)25-21(17)16-10-8-14(3)9-11-16/h6-13H,1-5H3/b17-6+,18-7+. The first kappa shape index (κ1) is 17.8. The zero-order valence-electron chi connectivity index (χ0n) is 15.9. The van der Waals surface area contributed by atoms with E-state index in [1.165, 1.54) is 5.56 Å². The summed E-state index contributed by atoms with van der Waals surface area (Å²) < 4.78 is 5.31. The second-order valence-electron chi connectivity index (χ2n) is 6.12. The molecule has 0 aliphatic heterocycles. The summed E-state index contributed by atoms with van der Waals surface area (Å²) in [4.78, 5) is 14.2. The average Bonchev–Trinajstić information content (AvgIpc) is 2.67. The predicted octanol–water partition coefficient (Wildman–Crippen LogP) is 3.43. The van der Waals surface area contributed by atoms with Crippen LogP contribution in [0.5, 0.6) is 5.75 Å². The molecule has 0 saturated carbocycles. The molecular weight excluding hydrogens is 322 g/mol. The van der Waals surface area contributed by atoms with E-state index in [1.54, 1.807) is 7.11 Å². The van der Waals surface area contributed by atoms with Gasteiger partial charge in [0.15, 0.2) is 5.82 Å². The summed E-state index contributed by atoms with van der Waals surface area (Å²) in [7, 11) is 1.64. The number of nitrogens with zero attached hydrogens (tertiary/aromatic N) is 3. The van der Waals surface area contributed by atoms with Gasteiger partial charge >= 0.3 is 0 Å². The fourth-order valence-corrected chi connectivity index (χ4v) is 2.93. The van der Waals surface area contributed by atoms with Gasteiger partial charge in [-0.05, 0) is 39.8 Å². The smallest absolute Gasteiger partial charge is 0.179 e. The Kier molecular flexibility index (Phi) is 5.12. The third-order valence-corrected chi connectivity index (χ3v) is 4.35. The van der Waals surface area contributed by atoms with E-state index in [4.69, 9.17) is 14.7 Å². The number of hydrogen-bond donors (Lipinski definition) is 0. The Morgan fingerprint density at radius 2 is 1.58 bits per heavy atom. The number of ether oxygens (including phenoxy) is 1. The largest absolute Gasteiger partial charge is 0.495 e. The second-order valence-corrected chi connectivity index (χ2v) is 6.12. The molecule has 4 heteroatoms. The van der Waals surface area contributed by atoms with Crippen LogP contribution in [0, 0.1) is 13.8 Å². The first-order chi connectivity index (χ1) is 12.6. The van der Waals surface area contributed by atoms with Gasteiger partial charge in [-0.15, -0.1) is 0 Å². The van der Waals surface area contributed by atoms with Crippen molar-refractivity contribution >= 4 is 12.2 Å². The maximum atomic E-state index is 5.31. The van der Waals surface area contributed by atoms with E-state index in [1.807, 2.05) is 39.0 Å². The summed E-state index contributed by atoms with van der Waals surface area (Å²) in [6.45, 7) is 8.01. The van der Waals surface area contributed by atoms with E-state index < -0.39 is 0 Å². The molecule has 0 N–H and O–H groups in total. The van der Waals surface area contributed by atoms with Crippen LogP contribution in [0.15, 0.2) is 36.4 Å². The summed E-state index contributed by atoms with van der Waals surface area (Å²) in [5, 5.41) is 1.94. The Bertz CT molecular complexity index is 1050. The van der Waals surface area contributed by atoms with E-state index in [0.717, 1.165) is 39.0 Å². The van der Waals surface area contributed by atoms with Crippen LogP contribution in [0.1, 0.15) is 25.1 Å². The molecule has 2 heterocycles. The normalized spacial score (nSPS) is 12.5. The van der Waals surface area contributed by atoms with Gasteiger partial charge in [-0.3, -0.25) is 0 Å². The second kappa shape index (κ2) is 7.48. The van der Waals surface area contributed by atoms with Crippen LogP contribution < -0.4 is 15.3 Å². The van der Waals surface area contributed by atoms with E-state index in [-0.39, 0.29) is 0 Å². The highest BCUT2D eigenvalue weighted by Crippen LogP contribution is 2.21. The van der Waals surface area contributed by atoms with Crippen molar-refractivity contribution in [3.8, 4) is 28.5 Å². The molecule has 0 unspecified atom stereocenters. The fourth-order valence-electron chi connectivity index (χ4n) is 2.93. The highest BCUT2D eigenvalue weighted by atomic mass is 16.5. The fraction of sp³-hybridized carbons (Fsp3) is 0.227. The minimum atomic E-state index is 0.616. The maximum absolute atomic E-state index is 5.31. The Hall–Kier alpha value is -3.01. The van der Waals surface area contributed by atoms with Gasteiger partial charge in [0.1, 0.15) is 11.4 Å². The Morgan fingerprint density at radius 3 is 2.15 bits per heavy atom. The number of aryl methyl sites for hydroxylation is 2. The lowest BCUT2D eigenvalue weighted by molar-refractivity contribution is 0.409. The number of methoxy groups -OCH3 is 1. The molecule has 26 heavy (non-hydrogen) atoms. The summed E-state index contributed by atoms with van der Waals surface area (Å²) >= 11 is 0. The molecule has 0 aliphatic rings. The lowest BCUT2D eigenvalue weighted by Gasteiger charge is -2.09. The molecule has 0 spiro atoms. The van der Waals surface area contributed by atoms with Crippen molar-refractivity contribution < 1.29 is 4.74 Å². The third-order valence-electron chi connectivity index (χ3n) is 4.35. The van der Waals surface area contributed by atoms with Crippen LogP contribution in [-0.2, 0) is 0 Å². The summed E-state index contributed by atoms with van der Waals surface area (Å²) in [6, 6.07) is 12.2. The minimum absolute atomic E-state index is 0.616. The molecule has 0 bridgehead atoms. The van der Waals surface area contributed by atoms with E-state index in [9.17, 15) is 0 Å². The van der Waals surface area contributed by atoms with Gasteiger partial charge in [0.2, 0.25) is 0 Å². The average molecular weight is 345 g/mol. The van der Waals surface area contributed by atoms with Gasteiger partial charge in [0, 0.05) is 10.8 Å². The van der Waals surface area contributed by atoms with Crippen LogP contribution >= 0.6 is 0 Å². The molecule has 0 fully saturated rings. The van der Waals surface area contributed by atoms with E-state index in [0.29, 0.717) is 5.82 Å². The van der Waals surface area contributed by atoms with Crippen molar-refractivity contribution in [3.05, 3.63) is 58.2 Å². The summed E-state index contributed by atoms with van der Waals surface area (Å²) in [5.74, 6) is 1.37. The predicted molar refractivity (Wildman–Crippen MR) is 106 cm³/mol. The Labute approximate surface area is 153 Å². The quantitative estimate of drug-likeness (QED) is 0.730. The number of pyridine rings is 1. The number of rotatable bonds is 3. The van der Waals surface area contributed by atoms with Crippen molar-refractivity contribution in [2.45, 2.75) is 27.7 Å². The van der Waals surface area contributed by atoms with Crippen LogP contribution in [0.4, 0.5) is 0 Å². The molecular formula is C22H23N3O.